The molecule has 0 rings (SSSR count). The normalized spacial score (nSPS) is 11.5. The summed E-state index contributed by atoms with van der Waals surface area (Å²) in [6, 6.07) is 0.688. The van der Waals surface area contributed by atoms with Crippen LogP contribution in [0.4, 0.5) is 0 Å². The van der Waals surface area contributed by atoms with Crippen LogP contribution in [-0.4, -0.2) is 30.6 Å². The Morgan fingerprint density at radius 2 is 1.83 bits per heavy atom. The molecule has 0 aromatic carbocycles. The van der Waals surface area contributed by atoms with Crippen molar-refractivity contribution in [3.05, 3.63) is 0 Å². The SMILES string of the molecule is CCN(CCCCCN)C(C)C. The van der Waals surface area contributed by atoms with Crippen molar-refractivity contribution in [3.63, 3.8) is 0 Å². The van der Waals surface area contributed by atoms with Gasteiger partial charge < -0.3 is 10.6 Å². The fraction of sp³-hybridized carbons (Fsp3) is 1.00. The first-order valence-corrected chi connectivity index (χ1v) is 5.16. The van der Waals surface area contributed by atoms with Crippen LogP contribution >= 0.6 is 0 Å². The number of nitrogens with zero attached hydrogens (tertiary/aromatic N) is 1. The Bertz CT molecular complexity index is 91.8. The van der Waals surface area contributed by atoms with Gasteiger partial charge in [-0.25, -0.2) is 0 Å². The van der Waals surface area contributed by atoms with Gasteiger partial charge in [0.05, 0.1) is 0 Å². The topological polar surface area (TPSA) is 29.3 Å². The minimum absolute atomic E-state index is 0.688. The van der Waals surface area contributed by atoms with Gasteiger partial charge in [0.25, 0.3) is 0 Å². The molecule has 0 aliphatic carbocycles. The largest absolute Gasteiger partial charge is 0.330 e. The molecule has 0 fully saturated rings. The molecular formula is C10H24N2. The summed E-state index contributed by atoms with van der Waals surface area (Å²) in [4.78, 5) is 2.50. The Labute approximate surface area is 77.1 Å². The molecule has 74 valence electrons. The summed E-state index contributed by atoms with van der Waals surface area (Å²) in [7, 11) is 0. The molecule has 0 unspecified atom stereocenters. The first-order chi connectivity index (χ1) is 5.72. The van der Waals surface area contributed by atoms with Gasteiger partial charge in [0.1, 0.15) is 0 Å². The van der Waals surface area contributed by atoms with Crippen molar-refractivity contribution in [2.75, 3.05) is 19.6 Å². The van der Waals surface area contributed by atoms with Crippen LogP contribution in [0.1, 0.15) is 40.0 Å². The van der Waals surface area contributed by atoms with Crippen molar-refractivity contribution in [1.82, 2.24) is 4.90 Å². The fourth-order valence-electron chi connectivity index (χ4n) is 1.42. The second-order valence-corrected chi connectivity index (χ2v) is 3.57. The standard InChI is InChI=1S/C10H24N2/c1-4-12(10(2)3)9-7-5-6-8-11/h10H,4-9,11H2,1-3H3. The van der Waals surface area contributed by atoms with Gasteiger partial charge >= 0.3 is 0 Å². The average Bonchev–Trinajstić information content (AvgIpc) is 2.04. The van der Waals surface area contributed by atoms with E-state index in [1.165, 1.54) is 32.4 Å². The maximum absolute atomic E-state index is 5.42. The molecule has 0 aromatic rings. The lowest BCUT2D eigenvalue weighted by Gasteiger charge is -2.24. The number of rotatable bonds is 7. The second kappa shape index (κ2) is 7.56. The van der Waals surface area contributed by atoms with Crippen molar-refractivity contribution in [3.8, 4) is 0 Å². The molecule has 0 bridgehead atoms. The molecule has 0 radical (unpaired) electrons. The molecule has 0 aliphatic heterocycles. The number of nitrogens with two attached hydrogens (primary N) is 1. The van der Waals surface area contributed by atoms with Crippen molar-refractivity contribution in [1.29, 1.82) is 0 Å². The highest BCUT2D eigenvalue weighted by Crippen LogP contribution is 2.01. The lowest BCUT2D eigenvalue weighted by molar-refractivity contribution is 0.228. The number of hydrogen-bond acceptors (Lipinski definition) is 2. The van der Waals surface area contributed by atoms with Gasteiger partial charge in [0, 0.05) is 6.04 Å². The molecule has 2 N–H and O–H groups in total. The third-order valence-corrected chi connectivity index (χ3v) is 2.29. The van der Waals surface area contributed by atoms with Crippen LogP contribution in [0.3, 0.4) is 0 Å². The van der Waals surface area contributed by atoms with E-state index in [1.54, 1.807) is 0 Å². The monoisotopic (exact) mass is 172 g/mol. The summed E-state index contributed by atoms with van der Waals surface area (Å²) >= 11 is 0. The molecule has 0 saturated heterocycles. The van der Waals surface area contributed by atoms with Crippen molar-refractivity contribution in [2.45, 2.75) is 46.1 Å². The highest BCUT2D eigenvalue weighted by molar-refractivity contribution is 4.60. The van der Waals surface area contributed by atoms with Crippen molar-refractivity contribution >= 4 is 0 Å². The Morgan fingerprint density at radius 1 is 1.17 bits per heavy atom. The minimum Gasteiger partial charge on any atom is -0.330 e. The van der Waals surface area contributed by atoms with Gasteiger partial charge in [-0.1, -0.05) is 13.3 Å². The second-order valence-electron chi connectivity index (χ2n) is 3.57. The predicted octanol–water partition coefficient (Wildman–Crippen LogP) is 1.85. The molecule has 2 heteroatoms. The van der Waals surface area contributed by atoms with Crippen molar-refractivity contribution in [2.24, 2.45) is 5.73 Å². The summed E-state index contributed by atoms with van der Waals surface area (Å²) in [5.41, 5.74) is 5.42. The molecule has 0 amide bonds. The molecule has 0 aromatic heterocycles. The van der Waals surface area contributed by atoms with E-state index in [-0.39, 0.29) is 0 Å². The molecule has 0 aliphatic rings. The highest BCUT2D eigenvalue weighted by Gasteiger charge is 2.04. The summed E-state index contributed by atoms with van der Waals surface area (Å²) in [6.45, 7) is 9.98. The first-order valence-electron chi connectivity index (χ1n) is 5.16. The quantitative estimate of drug-likeness (QED) is 0.594. The van der Waals surface area contributed by atoms with Gasteiger partial charge in [0.2, 0.25) is 0 Å². The average molecular weight is 172 g/mol. The van der Waals surface area contributed by atoms with Gasteiger partial charge in [-0.3, -0.25) is 0 Å². The van der Waals surface area contributed by atoms with Crippen LogP contribution in [0.15, 0.2) is 0 Å². The lowest BCUT2D eigenvalue weighted by Crippen LogP contribution is -2.31. The van der Waals surface area contributed by atoms with E-state index in [1.807, 2.05) is 0 Å². The van der Waals surface area contributed by atoms with Crippen LogP contribution in [0, 0.1) is 0 Å². The fourth-order valence-corrected chi connectivity index (χ4v) is 1.42. The van der Waals surface area contributed by atoms with E-state index in [0.717, 1.165) is 6.54 Å². The van der Waals surface area contributed by atoms with Crippen LogP contribution in [0.2, 0.25) is 0 Å². The molecule has 0 spiro atoms. The first kappa shape index (κ1) is 11.9. The molecule has 12 heavy (non-hydrogen) atoms. The molecule has 0 heterocycles. The van der Waals surface area contributed by atoms with E-state index in [4.69, 9.17) is 5.73 Å². The maximum atomic E-state index is 5.42. The predicted molar refractivity (Wildman–Crippen MR) is 55.3 cm³/mol. The third-order valence-electron chi connectivity index (χ3n) is 2.29. The van der Waals surface area contributed by atoms with Gasteiger partial charge in [-0.05, 0) is 46.3 Å². The van der Waals surface area contributed by atoms with Crippen LogP contribution in [-0.2, 0) is 0 Å². The van der Waals surface area contributed by atoms with Crippen LogP contribution < -0.4 is 5.73 Å². The minimum atomic E-state index is 0.688. The Hall–Kier alpha value is -0.0800. The van der Waals surface area contributed by atoms with E-state index in [9.17, 15) is 0 Å². The van der Waals surface area contributed by atoms with Crippen LogP contribution in [0.5, 0.6) is 0 Å². The summed E-state index contributed by atoms with van der Waals surface area (Å²) in [5, 5.41) is 0. The molecule has 0 saturated carbocycles. The zero-order valence-corrected chi connectivity index (χ0v) is 8.84. The lowest BCUT2D eigenvalue weighted by atomic mass is 10.2. The van der Waals surface area contributed by atoms with Gasteiger partial charge in [-0.15, -0.1) is 0 Å². The molecule has 0 atom stereocenters. The Balaban J connectivity index is 3.32. The molecular weight excluding hydrogens is 148 g/mol. The van der Waals surface area contributed by atoms with E-state index >= 15 is 0 Å². The van der Waals surface area contributed by atoms with E-state index in [0.29, 0.717) is 6.04 Å². The summed E-state index contributed by atoms with van der Waals surface area (Å²) < 4.78 is 0. The third kappa shape index (κ3) is 5.56. The van der Waals surface area contributed by atoms with Crippen molar-refractivity contribution < 1.29 is 0 Å². The van der Waals surface area contributed by atoms with Gasteiger partial charge in [-0.2, -0.15) is 0 Å². The zero-order chi connectivity index (χ0) is 9.40. The zero-order valence-electron chi connectivity index (χ0n) is 8.84. The van der Waals surface area contributed by atoms with E-state index < -0.39 is 0 Å². The smallest absolute Gasteiger partial charge is 0.00384 e. The summed E-state index contributed by atoms with van der Waals surface area (Å²) in [6.07, 6.45) is 3.75. The highest BCUT2D eigenvalue weighted by atomic mass is 15.1. The maximum Gasteiger partial charge on any atom is 0.00384 e. The van der Waals surface area contributed by atoms with Gasteiger partial charge in [0.15, 0.2) is 0 Å². The summed E-state index contributed by atoms with van der Waals surface area (Å²) in [5.74, 6) is 0. The Morgan fingerprint density at radius 3 is 2.25 bits per heavy atom. The number of unbranched alkanes of at least 4 members (excludes halogenated alkanes) is 2. The number of hydrogen-bond donors (Lipinski definition) is 1. The van der Waals surface area contributed by atoms with E-state index in [2.05, 4.69) is 25.7 Å². The molecule has 2 nitrogen and oxygen atoms in total. The Kier molecular flexibility index (Phi) is 7.51. The van der Waals surface area contributed by atoms with Crippen LogP contribution in [0.25, 0.3) is 0 Å².